The zero-order valence-corrected chi connectivity index (χ0v) is 10.9. The summed E-state index contributed by atoms with van der Waals surface area (Å²) in [5, 5.41) is 9.06. The zero-order chi connectivity index (χ0) is 15.1. The number of anilines is 2. The molecular weight excluding hydrogens is 273 g/mol. The number of rotatable bonds is 4. The maximum absolute atomic E-state index is 12.6. The minimum Gasteiger partial charge on any atom is -0.478 e. The van der Waals surface area contributed by atoms with E-state index in [0.29, 0.717) is 18.4 Å². The number of benzene rings is 1. The lowest BCUT2D eigenvalue weighted by molar-refractivity contribution is -0.120. The van der Waals surface area contributed by atoms with Gasteiger partial charge in [-0.1, -0.05) is 0 Å². The molecule has 4 nitrogen and oxygen atoms in total. The second-order valence-corrected chi connectivity index (χ2v) is 5.00. The Morgan fingerprint density at radius 1 is 1.45 bits per heavy atom. The van der Waals surface area contributed by atoms with Gasteiger partial charge in [0.2, 0.25) is 0 Å². The predicted octanol–water partition coefficient (Wildman–Crippen LogP) is 2.81. The Labute approximate surface area is 114 Å². The van der Waals surface area contributed by atoms with Crippen LogP contribution in [0.2, 0.25) is 0 Å². The van der Waals surface area contributed by atoms with Gasteiger partial charge in [-0.25, -0.2) is 4.79 Å². The first-order valence-electron chi connectivity index (χ1n) is 6.16. The van der Waals surface area contributed by atoms with Crippen molar-refractivity contribution in [1.82, 2.24) is 0 Å². The van der Waals surface area contributed by atoms with E-state index >= 15 is 0 Å². The molecular formula is C13H15F3N2O2. The average Bonchev–Trinajstić information content (AvgIpc) is 3.12. The van der Waals surface area contributed by atoms with E-state index in [4.69, 9.17) is 10.8 Å². The number of carboxylic acid groups (broad SMARTS) is 1. The van der Waals surface area contributed by atoms with Gasteiger partial charge in [0, 0.05) is 17.4 Å². The summed E-state index contributed by atoms with van der Waals surface area (Å²) in [5.74, 6) is -1.24. The molecule has 7 heteroatoms. The molecule has 1 aliphatic rings. The predicted molar refractivity (Wildman–Crippen MR) is 69.0 cm³/mol. The lowest BCUT2D eigenvalue weighted by Gasteiger charge is -2.27. The first-order valence-corrected chi connectivity index (χ1v) is 6.16. The topological polar surface area (TPSA) is 66.6 Å². The molecule has 0 atom stereocenters. The molecule has 1 saturated carbocycles. The summed E-state index contributed by atoms with van der Waals surface area (Å²) in [6, 6.07) is 2.54. The molecule has 0 saturated heterocycles. The van der Waals surface area contributed by atoms with Gasteiger partial charge in [-0.3, -0.25) is 0 Å². The van der Waals surface area contributed by atoms with Crippen LogP contribution >= 0.6 is 0 Å². The minimum absolute atomic E-state index is 0.0870. The highest BCUT2D eigenvalue weighted by atomic mass is 19.4. The van der Waals surface area contributed by atoms with E-state index in [1.165, 1.54) is 17.0 Å². The third kappa shape index (κ3) is 3.15. The van der Waals surface area contributed by atoms with Gasteiger partial charge < -0.3 is 15.7 Å². The van der Waals surface area contributed by atoms with Crippen molar-refractivity contribution in [2.75, 3.05) is 17.2 Å². The van der Waals surface area contributed by atoms with Crippen LogP contribution in [-0.2, 0) is 0 Å². The van der Waals surface area contributed by atoms with Crippen LogP contribution in [0.15, 0.2) is 12.1 Å². The number of aryl methyl sites for hydroxylation is 1. The van der Waals surface area contributed by atoms with Crippen molar-refractivity contribution < 1.29 is 23.1 Å². The van der Waals surface area contributed by atoms with Crippen molar-refractivity contribution in [2.45, 2.75) is 32.0 Å². The van der Waals surface area contributed by atoms with Gasteiger partial charge in [0.25, 0.3) is 0 Å². The lowest BCUT2D eigenvalue weighted by Crippen LogP contribution is -2.36. The largest absolute Gasteiger partial charge is 0.478 e. The fourth-order valence-electron chi connectivity index (χ4n) is 2.13. The van der Waals surface area contributed by atoms with E-state index in [1.807, 2.05) is 0 Å². The van der Waals surface area contributed by atoms with Crippen molar-refractivity contribution in [3.8, 4) is 0 Å². The molecule has 1 fully saturated rings. The van der Waals surface area contributed by atoms with Gasteiger partial charge in [0.15, 0.2) is 0 Å². The van der Waals surface area contributed by atoms with Gasteiger partial charge in [-0.05, 0) is 37.5 Å². The zero-order valence-electron chi connectivity index (χ0n) is 10.9. The molecule has 0 aromatic heterocycles. The van der Waals surface area contributed by atoms with Gasteiger partial charge in [0.05, 0.1) is 5.56 Å². The normalized spacial score (nSPS) is 15.2. The first-order chi connectivity index (χ1) is 9.19. The molecule has 0 radical (unpaired) electrons. The molecule has 20 heavy (non-hydrogen) atoms. The number of nitrogens with zero attached hydrogens (tertiary/aromatic N) is 1. The van der Waals surface area contributed by atoms with Crippen LogP contribution in [0.5, 0.6) is 0 Å². The molecule has 1 aromatic carbocycles. The Morgan fingerprint density at radius 2 is 2.05 bits per heavy atom. The smallest absolute Gasteiger partial charge is 0.405 e. The Balaban J connectivity index is 2.41. The highest BCUT2D eigenvalue weighted by Crippen LogP contribution is 2.36. The van der Waals surface area contributed by atoms with E-state index in [1.54, 1.807) is 6.92 Å². The SMILES string of the molecule is Cc1cc(N(CC(F)(F)F)C2CC2)cc(C(=O)O)c1N. The van der Waals surface area contributed by atoms with E-state index in [0.717, 1.165) is 0 Å². The third-order valence-electron chi connectivity index (χ3n) is 3.27. The molecule has 0 heterocycles. The molecule has 1 aromatic rings. The Kier molecular flexibility index (Phi) is 3.54. The third-order valence-corrected chi connectivity index (χ3v) is 3.27. The Bertz CT molecular complexity index is 539. The van der Waals surface area contributed by atoms with Crippen LogP contribution in [0.25, 0.3) is 0 Å². The summed E-state index contributed by atoms with van der Waals surface area (Å²) < 4.78 is 37.9. The summed E-state index contributed by atoms with van der Waals surface area (Å²) in [4.78, 5) is 12.3. The maximum atomic E-state index is 12.6. The number of alkyl halides is 3. The van der Waals surface area contributed by atoms with E-state index in [9.17, 15) is 18.0 Å². The number of carbonyl (C=O) groups is 1. The molecule has 0 amide bonds. The number of hydrogen-bond donors (Lipinski definition) is 2. The number of halogens is 3. The number of carboxylic acids is 1. The maximum Gasteiger partial charge on any atom is 0.405 e. The summed E-state index contributed by atoms with van der Waals surface area (Å²) >= 11 is 0. The molecule has 0 aliphatic heterocycles. The van der Waals surface area contributed by atoms with Crippen molar-refractivity contribution in [1.29, 1.82) is 0 Å². The molecule has 1 aliphatic carbocycles. The minimum atomic E-state index is -4.33. The van der Waals surface area contributed by atoms with Crippen molar-refractivity contribution in [3.05, 3.63) is 23.3 Å². The van der Waals surface area contributed by atoms with E-state index < -0.39 is 18.7 Å². The second-order valence-electron chi connectivity index (χ2n) is 5.00. The first kappa shape index (κ1) is 14.5. The van der Waals surface area contributed by atoms with E-state index in [-0.39, 0.29) is 23.0 Å². The summed E-state index contributed by atoms with van der Waals surface area (Å²) in [5.41, 5.74) is 6.30. The van der Waals surface area contributed by atoms with E-state index in [2.05, 4.69) is 0 Å². The number of nitrogen functional groups attached to an aromatic ring is 1. The second kappa shape index (κ2) is 4.88. The monoisotopic (exact) mass is 288 g/mol. The Hall–Kier alpha value is -1.92. The molecule has 3 N–H and O–H groups in total. The van der Waals surface area contributed by atoms with Crippen molar-refractivity contribution >= 4 is 17.3 Å². The van der Waals surface area contributed by atoms with Crippen molar-refractivity contribution in [3.63, 3.8) is 0 Å². The highest BCUT2D eigenvalue weighted by Gasteiger charge is 2.38. The average molecular weight is 288 g/mol. The fourth-order valence-corrected chi connectivity index (χ4v) is 2.13. The van der Waals surface area contributed by atoms with Crippen LogP contribution in [0.3, 0.4) is 0 Å². The van der Waals surface area contributed by atoms with Crippen LogP contribution in [0.4, 0.5) is 24.5 Å². The molecule has 0 spiro atoms. The van der Waals surface area contributed by atoms with Crippen LogP contribution in [-0.4, -0.2) is 29.8 Å². The Morgan fingerprint density at radius 3 is 2.50 bits per heavy atom. The van der Waals surface area contributed by atoms with Crippen LogP contribution in [0, 0.1) is 6.92 Å². The fraction of sp³-hybridized carbons (Fsp3) is 0.462. The molecule has 110 valence electrons. The molecule has 0 unspecified atom stereocenters. The van der Waals surface area contributed by atoms with Crippen LogP contribution < -0.4 is 10.6 Å². The number of aromatic carboxylic acids is 1. The molecule has 2 rings (SSSR count). The summed E-state index contributed by atoms with van der Waals surface area (Å²) in [6.07, 6.45) is -2.97. The van der Waals surface area contributed by atoms with Gasteiger partial charge in [0.1, 0.15) is 6.54 Å². The number of nitrogens with two attached hydrogens (primary N) is 1. The van der Waals surface area contributed by atoms with Gasteiger partial charge >= 0.3 is 12.1 Å². The van der Waals surface area contributed by atoms with Gasteiger partial charge in [-0.15, -0.1) is 0 Å². The summed E-state index contributed by atoms with van der Waals surface area (Å²) in [7, 11) is 0. The molecule has 0 bridgehead atoms. The highest BCUT2D eigenvalue weighted by molar-refractivity contribution is 5.95. The summed E-state index contributed by atoms with van der Waals surface area (Å²) in [6.45, 7) is 0.504. The van der Waals surface area contributed by atoms with Crippen molar-refractivity contribution in [2.24, 2.45) is 0 Å². The quantitative estimate of drug-likeness (QED) is 0.836. The van der Waals surface area contributed by atoms with Gasteiger partial charge in [-0.2, -0.15) is 13.2 Å². The lowest BCUT2D eigenvalue weighted by atomic mass is 10.1. The standard InChI is InChI=1S/C13H15F3N2O2/c1-7-4-9(5-10(11(7)17)12(19)20)18(8-2-3-8)6-13(14,15)16/h4-5,8H,2-3,6,17H2,1H3,(H,19,20). The number of hydrogen-bond acceptors (Lipinski definition) is 3. The van der Waals surface area contributed by atoms with Crippen LogP contribution in [0.1, 0.15) is 28.8 Å².